The van der Waals surface area contributed by atoms with Gasteiger partial charge in [-0.3, -0.25) is 4.79 Å². The monoisotopic (exact) mass is 464 g/mol. The molecule has 1 N–H and O–H groups in total. The summed E-state index contributed by atoms with van der Waals surface area (Å²) in [5, 5.41) is 12.3. The van der Waals surface area contributed by atoms with Crippen molar-refractivity contribution in [2.24, 2.45) is 0 Å². The first-order valence-corrected chi connectivity index (χ1v) is 10.4. The molecule has 7 heteroatoms. The molecule has 0 spiro atoms. The van der Waals surface area contributed by atoms with Gasteiger partial charge in [0.1, 0.15) is 24.1 Å². The van der Waals surface area contributed by atoms with E-state index in [4.69, 9.17) is 21.1 Å². The molecule has 1 amide bonds. The van der Waals surface area contributed by atoms with Gasteiger partial charge >= 0.3 is 0 Å². The van der Waals surface area contributed by atoms with Gasteiger partial charge in [-0.2, -0.15) is 5.26 Å². The Balaban J connectivity index is 1.81. The van der Waals surface area contributed by atoms with E-state index in [2.05, 4.69) is 5.32 Å². The van der Waals surface area contributed by atoms with Crippen molar-refractivity contribution < 1.29 is 18.7 Å². The number of methoxy groups -OCH3 is 1. The summed E-state index contributed by atoms with van der Waals surface area (Å²) in [7, 11) is 1.48. The molecule has 0 fully saturated rings. The van der Waals surface area contributed by atoms with Gasteiger partial charge in [-0.25, -0.2) is 4.39 Å². The van der Waals surface area contributed by atoms with E-state index in [-0.39, 0.29) is 10.6 Å². The summed E-state index contributed by atoms with van der Waals surface area (Å²) in [5.41, 5.74) is 4.06. The molecule has 168 valence electrons. The normalized spacial score (nSPS) is 11.0. The summed E-state index contributed by atoms with van der Waals surface area (Å²) in [6.07, 6.45) is 1.39. The molecular formula is C26H22ClFN2O3. The van der Waals surface area contributed by atoms with Gasteiger partial charge in [0.25, 0.3) is 5.91 Å². The van der Waals surface area contributed by atoms with Crippen molar-refractivity contribution in [3.05, 3.63) is 93.3 Å². The van der Waals surface area contributed by atoms with E-state index < -0.39 is 11.7 Å². The van der Waals surface area contributed by atoms with Crippen LogP contribution in [0, 0.1) is 31.0 Å². The Bertz CT molecular complexity index is 1250. The van der Waals surface area contributed by atoms with Gasteiger partial charge in [0.2, 0.25) is 0 Å². The summed E-state index contributed by atoms with van der Waals surface area (Å²) < 4.78 is 24.4. The van der Waals surface area contributed by atoms with Crippen LogP contribution in [0.1, 0.15) is 22.3 Å². The number of halogens is 2. The summed E-state index contributed by atoms with van der Waals surface area (Å²) in [6.45, 7) is 4.38. The molecule has 0 heterocycles. The predicted octanol–water partition coefficient (Wildman–Crippen LogP) is 6.23. The van der Waals surface area contributed by atoms with Crippen LogP contribution in [0.5, 0.6) is 11.5 Å². The van der Waals surface area contributed by atoms with Crippen LogP contribution in [-0.2, 0) is 11.4 Å². The number of nitriles is 1. The topological polar surface area (TPSA) is 71.3 Å². The molecule has 0 radical (unpaired) electrons. The second-order valence-electron chi connectivity index (χ2n) is 7.37. The van der Waals surface area contributed by atoms with E-state index in [1.165, 1.54) is 43.0 Å². The zero-order chi connectivity index (χ0) is 24.0. The van der Waals surface area contributed by atoms with Gasteiger partial charge in [-0.05, 0) is 78.6 Å². The van der Waals surface area contributed by atoms with Crippen molar-refractivity contribution >= 4 is 29.3 Å². The lowest BCUT2D eigenvalue weighted by atomic mass is 10.1. The Morgan fingerprint density at radius 3 is 2.48 bits per heavy atom. The standard InChI is InChI=1S/C26H22ClFN2O3/c1-16-4-5-18(10-17(16)2)15-33-25-23(27)12-19(13-24(25)32-3)11-20(14-29)26(31)30-22-8-6-21(28)7-9-22/h4-13H,15H2,1-3H3,(H,30,31)/b20-11+. The summed E-state index contributed by atoms with van der Waals surface area (Å²) >= 11 is 6.43. The van der Waals surface area contributed by atoms with Crippen LogP contribution < -0.4 is 14.8 Å². The third-order valence-electron chi connectivity index (χ3n) is 4.98. The average Bonchev–Trinajstić information content (AvgIpc) is 2.80. The first-order chi connectivity index (χ1) is 15.8. The lowest BCUT2D eigenvalue weighted by Crippen LogP contribution is -2.13. The number of rotatable bonds is 7. The van der Waals surface area contributed by atoms with Crippen molar-refractivity contribution in [3.8, 4) is 17.6 Å². The van der Waals surface area contributed by atoms with Crippen LogP contribution >= 0.6 is 11.6 Å². The van der Waals surface area contributed by atoms with Crippen LogP contribution in [0.3, 0.4) is 0 Å². The third-order valence-corrected chi connectivity index (χ3v) is 5.27. The molecule has 0 saturated heterocycles. The number of hydrogen-bond donors (Lipinski definition) is 1. The van der Waals surface area contributed by atoms with Gasteiger partial charge in [0, 0.05) is 5.69 Å². The van der Waals surface area contributed by atoms with Crippen molar-refractivity contribution in [2.75, 3.05) is 12.4 Å². The third kappa shape index (κ3) is 6.12. The van der Waals surface area contributed by atoms with Gasteiger partial charge in [0.15, 0.2) is 11.5 Å². The molecule has 3 rings (SSSR count). The molecule has 0 atom stereocenters. The zero-order valence-corrected chi connectivity index (χ0v) is 19.2. The maximum atomic E-state index is 13.1. The summed E-state index contributed by atoms with van der Waals surface area (Å²) in [4.78, 5) is 12.5. The number of hydrogen-bond acceptors (Lipinski definition) is 4. The van der Waals surface area contributed by atoms with Crippen LogP contribution in [0.25, 0.3) is 6.08 Å². The number of nitrogens with zero attached hydrogens (tertiary/aromatic N) is 1. The molecule has 0 saturated carbocycles. The fraction of sp³-hybridized carbons (Fsp3) is 0.154. The molecule has 3 aromatic carbocycles. The van der Waals surface area contributed by atoms with Gasteiger partial charge < -0.3 is 14.8 Å². The Labute approximate surface area is 197 Å². The van der Waals surface area contributed by atoms with E-state index in [1.807, 2.05) is 38.1 Å². The molecule has 5 nitrogen and oxygen atoms in total. The Morgan fingerprint density at radius 2 is 1.85 bits per heavy atom. The molecule has 0 aromatic heterocycles. The molecule has 0 unspecified atom stereocenters. The van der Waals surface area contributed by atoms with Crippen LogP contribution in [-0.4, -0.2) is 13.0 Å². The quantitative estimate of drug-likeness (QED) is 0.332. The molecule has 0 aliphatic rings. The van der Waals surface area contributed by atoms with E-state index >= 15 is 0 Å². The molecule has 0 aliphatic carbocycles. The minimum Gasteiger partial charge on any atom is -0.493 e. The smallest absolute Gasteiger partial charge is 0.266 e. The SMILES string of the molecule is COc1cc(/C=C(\C#N)C(=O)Nc2ccc(F)cc2)cc(Cl)c1OCc1ccc(C)c(C)c1. The van der Waals surface area contributed by atoms with Crippen molar-refractivity contribution in [1.82, 2.24) is 0 Å². The van der Waals surface area contributed by atoms with Crippen molar-refractivity contribution in [1.29, 1.82) is 5.26 Å². The second kappa shape index (κ2) is 10.7. The summed E-state index contributed by atoms with van der Waals surface area (Å²) in [5.74, 6) is -0.322. The van der Waals surface area contributed by atoms with Crippen LogP contribution in [0.15, 0.2) is 60.2 Å². The Hall–Kier alpha value is -3.82. The number of nitrogens with one attached hydrogen (secondary N) is 1. The van der Waals surface area contributed by atoms with Gasteiger partial charge in [-0.15, -0.1) is 0 Å². The molecule has 0 bridgehead atoms. The van der Waals surface area contributed by atoms with Crippen molar-refractivity contribution in [3.63, 3.8) is 0 Å². The first kappa shape index (κ1) is 23.8. The maximum absolute atomic E-state index is 13.1. The number of aryl methyl sites for hydroxylation is 2. The lowest BCUT2D eigenvalue weighted by Gasteiger charge is -2.14. The minimum absolute atomic E-state index is 0.152. The van der Waals surface area contributed by atoms with Crippen molar-refractivity contribution in [2.45, 2.75) is 20.5 Å². The van der Waals surface area contributed by atoms with Gasteiger partial charge in [0.05, 0.1) is 12.1 Å². The number of benzene rings is 3. The number of carbonyl (C=O) groups is 1. The maximum Gasteiger partial charge on any atom is 0.266 e. The number of amides is 1. The molecular weight excluding hydrogens is 443 g/mol. The van der Waals surface area contributed by atoms with Crippen LogP contribution in [0.2, 0.25) is 5.02 Å². The van der Waals surface area contributed by atoms with Gasteiger partial charge in [-0.1, -0.05) is 29.8 Å². The van der Waals surface area contributed by atoms with E-state index in [1.54, 1.807) is 12.1 Å². The highest BCUT2D eigenvalue weighted by atomic mass is 35.5. The number of carbonyl (C=O) groups excluding carboxylic acids is 1. The minimum atomic E-state index is -0.630. The lowest BCUT2D eigenvalue weighted by molar-refractivity contribution is -0.112. The highest BCUT2D eigenvalue weighted by molar-refractivity contribution is 6.32. The highest BCUT2D eigenvalue weighted by Gasteiger charge is 2.15. The summed E-state index contributed by atoms with van der Waals surface area (Å²) in [6, 6.07) is 16.4. The fourth-order valence-electron chi connectivity index (χ4n) is 3.06. The zero-order valence-electron chi connectivity index (χ0n) is 18.4. The fourth-order valence-corrected chi connectivity index (χ4v) is 3.33. The largest absolute Gasteiger partial charge is 0.493 e. The highest BCUT2D eigenvalue weighted by Crippen LogP contribution is 2.37. The second-order valence-corrected chi connectivity index (χ2v) is 7.78. The predicted molar refractivity (Wildman–Crippen MR) is 127 cm³/mol. The number of ether oxygens (including phenoxy) is 2. The van der Waals surface area contributed by atoms with E-state index in [0.717, 1.165) is 11.1 Å². The van der Waals surface area contributed by atoms with E-state index in [0.29, 0.717) is 29.4 Å². The molecule has 33 heavy (non-hydrogen) atoms. The van der Waals surface area contributed by atoms with Crippen LogP contribution in [0.4, 0.5) is 10.1 Å². The molecule has 0 aliphatic heterocycles. The number of anilines is 1. The first-order valence-electron chi connectivity index (χ1n) is 10.1. The Morgan fingerprint density at radius 1 is 1.12 bits per heavy atom. The Kier molecular flexibility index (Phi) is 7.70. The average molecular weight is 465 g/mol. The van der Waals surface area contributed by atoms with E-state index in [9.17, 15) is 14.4 Å². The molecule has 3 aromatic rings.